The molecule has 0 saturated carbocycles. The molecule has 37 heavy (non-hydrogen) atoms. The average molecular weight is 523 g/mol. The lowest BCUT2D eigenvalue weighted by Crippen LogP contribution is -2.21. The molecule has 0 rings (SSSR count). The first-order chi connectivity index (χ1) is 18.2. The van der Waals surface area contributed by atoms with Crippen LogP contribution >= 0.6 is 0 Å². The van der Waals surface area contributed by atoms with Crippen LogP contribution in [0.15, 0.2) is 0 Å². The molecule has 3 nitrogen and oxygen atoms in total. The van der Waals surface area contributed by atoms with Gasteiger partial charge in [0.15, 0.2) is 0 Å². The van der Waals surface area contributed by atoms with Gasteiger partial charge in [-0.25, -0.2) is 0 Å². The van der Waals surface area contributed by atoms with Gasteiger partial charge in [-0.2, -0.15) is 0 Å². The Labute approximate surface area is 232 Å². The van der Waals surface area contributed by atoms with Gasteiger partial charge in [0.2, 0.25) is 0 Å². The highest BCUT2D eigenvalue weighted by molar-refractivity contribution is 5.86. The molecule has 220 valence electrons. The summed E-state index contributed by atoms with van der Waals surface area (Å²) in [5.74, 6) is -0.640. The minimum Gasteiger partial charge on any atom is -0.393 e. The highest BCUT2D eigenvalue weighted by Gasteiger charge is 2.22. The Bertz CT molecular complexity index is 471. The van der Waals surface area contributed by atoms with E-state index in [9.17, 15) is 9.59 Å². The number of hydrogen-bond acceptors (Lipinski definition) is 3. The van der Waals surface area contributed by atoms with Gasteiger partial charge in [-0.3, -0.25) is 9.59 Å². The monoisotopic (exact) mass is 523 g/mol. The van der Waals surface area contributed by atoms with Crippen LogP contribution < -0.4 is 0 Å². The second kappa shape index (κ2) is 29.7. The van der Waals surface area contributed by atoms with Crippen molar-refractivity contribution in [2.24, 2.45) is 5.92 Å². The maximum absolute atomic E-state index is 12.8. The molecule has 3 heteroatoms. The Morgan fingerprint density at radius 2 is 0.730 bits per heavy atom. The van der Waals surface area contributed by atoms with Gasteiger partial charge in [0.1, 0.15) is 0 Å². The van der Waals surface area contributed by atoms with Crippen LogP contribution in [0.2, 0.25) is 0 Å². The van der Waals surface area contributed by atoms with Crippen LogP contribution in [0.4, 0.5) is 0 Å². The Hall–Kier alpha value is -0.860. The fourth-order valence-electron chi connectivity index (χ4n) is 5.26. The number of carbonyl (C=O) groups excluding carboxylic acids is 2. The van der Waals surface area contributed by atoms with E-state index in [1.807, 2.05) is 0 Å². The van der Waals surface area contributed by atoms with E-state index in [4.69, 9.17) is 4.74 Å². The summed E-state index contributed by atoms with van der Waals surface area (Å²) < 4.78 is 5.33. The molecule has 0 aromatic carbocycles. The van der Waals surface area contributed by atoms with E-state index in [0.29, 0.717) is 6.42 Å². The van der Waals surface area contributed by atoms with Gasteiger partial charge < -0.3 is 4.74 Å². The van der Waals surface area contributed by atoms with Gasteiger partial charge in [0.25, 0.3) is 0 Å². The average Bonchev–Trinajstić information content (AvgIpc) is 2.89. The maximum Gasteiger partial charge on any atom is 0.316 e. The molecule has 0 aromatic heterocycles. The third-order valence-electron chi connectivity index (χ3n) is 7.84. The van der Waals surface area contributed by atoms with Gasteiger partial charge in [-0.15, -0.1) is 0 Å². The molecule has 0 saturated heterocycles. The summed E-state index contributed by atoms with van der Waals surface area (Å²) in [6.45, 7) is 6.75. The zero-order chi connectivity index (χ0) is 27.2. The molecule has 0 unspecified atom stereocenters. The smallest absolute Gasteiger partial charge is 0.316 e. The summed E-state index contributed by atoms with van der Waals surface area (Å²) >= 11 is 0. The second-order valence-electron chi connectivity index (χ2n) is 11.6. The van der Waals surface area contributed by atoms with Crippen molar-refractivity contribution in [1.29, 1.82) is 0 Å². The fraction of sp³-hybridized carbons (Fsp3) is 0.941. The van der Waals surface area contributed by atoms with E-state index in [1.54, 1.807) is 0 Å². The van der Waals surface area contributed by atoms with Crippen molar-refractivity contribution < 1.29 is 14.3 Å². The molecule has 0 aliphatic heterocycles. The molecular weight excluding hydrogens is 456 g/mol. The molecule has 0 fully saturated rings. The Kier molecular flexibility index (Phi) is 29.0. The van der Waals surface area contributed by atoms with E-state index >= 15 is 0 Å². The van der Waals surface area contributed by atoms with E-state index in [0.717, 1.165) is 38.5 Å². The predicted octanol–water partition coefficient (Wildman–Crippen LogP) is 11.7. The van der Waals surface area contributed by atoms with Crippen molar-refractivity contribution in [2.75, 3.05) is 0 Å². The van der Waals surface area contributed by atoms with Crippen LogP contribution in [0.5, 0.6) is 0 Å². The third kappa shape index (κ3) is 26.5. The molecule has 0 aliphatic carbocycles. The number of unbranched alkanes of at least 4 members (excludes halogenated alkanes) is 22. The van der Waals surface area contributed by atoms with Gasteiger partial charge in [0.05, 0.1) is 5.92 Å². The molecule has 0 aliphatic rings. The summed E-state index contributed by atoms with van der Waals surface area (Å²) in [6, 6.07) is 0. The van der Waals surface area contributed by atoms with Crippen molar-refractivity contribution in [1.82, 2.24) is 0 Å². The normalized spacial score (nSPS) is 11.4. The molecule has 0 spiro atoms. The van der Waals surface area contributed by atoms with Crippen molar-refractivity contribution in [3.05, 3.63) is 0 Å². The Morgan fingerprint density at radius 3 is 1.08 bits per heavy atom. The molecule has 0 bridgehead atoms. The highest BCUT2D eigenvalue weighted by Crippen LogP contribution is 2.21. The van der Waals surface area contributed by atoms with E-state index in [2.05, 4.69) is 20.8 Å². The van der Waals surface area contributed by atoms with Crippen LogP contribution in [-0.2, 0) is 14.3 Å². The molecule has 0 radical (unpaired) electrons. The van der Waals surface area contributed by atoms with Crippen LogP contribution in [0, 0.1) is 5.92 Å². The quantitative estimate of drug-likeness (QED) is 0.0557. The predicted molar refractivity (Wildman–Crippen MR) is 161 cm³/mol. The molecule has 0 N–H and O–H groups in total. The number of esters is 2. The lowest BCUT2D eigenvalue weighted by atomic mass is 9.94. The van der Waals surface area contributed by atoms with Crippen molar-refractivity contribution in [3.8, 4) is 0 Å². The van der Waals surface area contributed by atoms with Crippen molar-refractivity contribution >= 4 is 11.9 Å². The summed E-state index contributed by atoms with van der Waals surface area (Å²) in [4.78, 5) is 25.1. The second-order valence-corrected chi connectivity index (χ2v) is 11.6. The molecule has 0 aromatic rings. The molecular formula is C34H66O3. The summed E-state index contributed by atoms with van der Waals surface area (Å²) in [5.41, 5.74) is 0. The number of rotatable bonds is 29. The summed E-state index contributed by atoms with van der Waals surface area (Å²) in [6.07, 6.45) is 33.6. The van der Waals surface area contributed by atoms with E-state index in [1.165, 1.54) is 135 Å². The largest absolute Gasteiger partial charge is 0.393 e. The summed E-state index contributed by atoms with van der Waals surface area (Å²) in [5, 5.41) is 0. The number of ether oxygens (including phenoxy) is 1. The lowest BCUT2D eigenvalue weighted by Gasteiger charge is -2.15. The highest BCUT2D eigenvalue weighted by atomic mass is 16.6. The van der Waals surface area contributed by atoms with Crippen LogP contribution in [-0.4, -0.2) is 11.9 Å². The minimum atomic E-state index is -0.302. The first-order valence-corrected chi connectivity index (χ1v) is 16.9. The van der Waals surface area contributed by atoms with Gasteiger partial charge >= 0.3 is 11.9 Å². The van der Waals surface area contributed by atoms with Gasteiger partial charge in [-0.05, 0) is 19.3 Å². The van der Waals surface area contributed by atoms with Crippen LogP contribution in [0.3, 0.4) is 0 Å². The van der Waals surface area contributed by atoms with Gasteiger partial charge in [-0.1, -0.05) is 175 Å². The Morgan fingerprint density at radius 1 is 0.432 bits per heavy atom. The zero-order valence-electron chi connectivity index (χ0n) is 25.6. The first kappa shape index (κ1) is 36.1. The standard InChI is InChI=1S/C34H66O3/c1-4-7-10-13-16-17-18-19-20-21-22-25-28-31-33(35)37-34(36)32(29-26-23-14-11-8-5-2)30-27-24-15-12-9-6-3/h32H,4-31H2,1-3H3. The van der Waals surface area contributed by atoms with Crippen LogP contribution in [0.25, 0.3) is 0 Å². The number of carbonyl (C=O) groups is 2. The fourth-order valence-corrected chi connectivity index (χ4v) is 5.26. The molecule has 0 heterocycles. The maximum atomic E-state index is 12.8. The zero-order valence-corrected chi connectivity index (χ0v) is 25.6. The lowest BCUT2D eigenvalue weighted by molar-refractivity contribution is -0.163. The molecule has 0 atom stereocenters. The first-order valence-electron chi connectivity index (χ1n) is 16.9. The van der Waals surface area contributed by atoms with E-state index in [-0.39, 0.29) is 17.9 Å². The topological polar surface area (TPSA) is 43.4 Å². The van der Waals surface area contributed by atoms with E-state index < -0.39 is 0 Å². The van der Waals surface area contributed by atoms with Crippen LogP contribution in [0.1, 0.15) is 201 Å². The SMILES string of the molecule is CCCCCCCCCCCCCCCC(=O)OC(=O)C(CCCCCCCC)CCCCCCCC. The van der Waals surface area contributed by atoms with Crippen molar-refractivity contribution in [2.45, 2.75) is 201 Å². The van der Waals surface area contributed by atoms with Crippen molar-refractivity contribution in [3.63, 3.8) is 0 Å². The van der Waals surface area contributed by atoms with Gasteiger partial charge in [0, 0.05) is 6.42 Å². The number of hydrogen-bond donors (Lipinski definition) is 0. The molecule has 0 amide bonds. The third-order valence-corrected chi connectivity index (χ3v) is 7.84. The Balaban J connectivity index is 3.98. The minimum absolute atomic E-state index is 0.0899. The summed E-state index contributed by atoms with van der Waals surface area (Å²) in [7, 11) is 0.